The van der Waals surface area contributed by atoms with E-state index >= 15 is 0 Å². The Morgan fingerprint density at radius 3 is 2.61 bits per heavy atom. The molecular weight excluding hydrogens is 354 g/mol. The first-order valence-electron chi connectivity index (χ1n) is 9.73. The van der Waals surface area contributed by atoms with E-state index < -0.39 is 0 Å². The van der Waals surface area contributed by atoms with Gasteiger partial charge in [0.05, 0.1) is 16.6 Å². The molecule has 1 amide bonds. The molecule has 0 saturated carbocycles. The van der Waals surface area contributed by atoms with Crippen molar-refractivity contribution in [2.45, 2.75) is 32.7 Å². The molecule has 0 spiro atoms. The summed E-state index contributed by atoms with van der Waals surface area (Å²) < 4.78 is 5.28. The fourth-order valence-corrected chi connectivity index (χ4v) is 3.71. The number of carbonyl (C=O) groups excluding carboxylic acids is 1. The zero-order valence-corrected chi connectivity index (χ0v) is 16.5. The first-order chi connectivity index (χ1) is 13.5. The number of hydrogen-bond donors (Lipinski definition) is 0. The third-order valence-corrected chi connectivity index (χ3v) is 5.47. The van der Waals surface area contributed by atoms with Crippen LogP contribution in [0.25, 0.3) is 11.1 Å². The minimum atomic E-state index is 0.0130. The van der Waals surface area contributed by atoms with Crippen LogP contribution < -0.4 is 0 Å². The highest BCUT2D eigenvalue weighted by molar-refractivity contribution is 5.97. The molecule has 0 aromatic carbocycles. The molecule has 3 aromatic rings. The zero-order chi connectivity index (χ0) is 19.7. The highest BCUT2D eigenvalue weighted by Crippen LogP contribution is 2.25. The summed E-state index contributed by atoms with van der Waals surface area (Å²) in [6, 6.07) is 6.21. The molecule has 1 aliphatic heterocycles. The van der Waals surface area contributed by atoms with E-state index in [2.05, 4.69) is 46.9 Å². The van der Waals surface area contributed by atoms with Crippen molar-refractivity contribution in [3.63, 3.8) is 0 Å². The van der Waals surface area contributed by atoms with E-state index in [0.717, 1.165) is 24.2 Å². The average molecular weight is 379 g/mol. The molecule has 1 atom stereocenters. The van der Waals surface area contributed by atoms with Crippen molar-refractivity contribution in [2.75, 3.05) is 26.2 Å². The molecule has 1 fully saturated rings. The summed E-state index contributed by atoms with van der Waals surface area (Å²) in [6.45, 7) is 9.35. The van der Waals surface area contributed by atoms with Crippen LogP contribution in [0.2, 0.25) is 0 Å². The van der Waals surface area contributed by atoms with Crippen molar-refractivity contribution in [1.29, 1.82) is 0 Å². The highest BCUT2D eigenvalue weighted by atomic mass is 16.5. The van der Waals surface area contributed by atoms with Crippen molar-refractivity contribution < 1.29 is 9.32 Å². The number of carbonyl (C=O) groups is 1. The van der Waals surface area contributed by atoms with Gasteiger partial charge in [-0.2, -0.15) is 0 Å². The van der Waals surface area contributed by atoms with Gasteiger partial charge in [-0.25, -0.2) is 4.98 Å². The molecule has 1 saturated heterocycles. The zero-order valence-electron chi connectivity index (χ0n) is 16.5. The van der Waals surface area contributed by atoms with Crippen LogP contribution in [0.1, 0.15) is 54.3 Å². The van der Waals surface area contributed by atoms with Crippen LogP contribution in [0.3, 0.4) is 0 Å². The SMILES string of the molecule is CC(C)c1noc2ncc(C(=O)N3CCN(C(C)c4cccnc4)CC3)cc12. The van der Waals surface area contributed by atoms with Crippen LogP contribution in [-0.4, -0.2) is 57.0 Å². The lowest BCUT2D eigenvalue weighted by molar-refractivity contribution is 0.0581. The van der Waals surface area contributed by atoms with Gasteiger partial charge in [-0.05, 0) is 30.5 Å². The molecule has 1 unspecified atom stereocenters. The van der Waals surface area contributed by atoms with E-state index in [1.165, 1.54) is 5.56 Å². The Kier molecular flexibility index (Phi) is 5.09. The van der Waals surface area contributed by atoms with Crippen LogP contribution >= 0.6 is 0 Å². The first kappa shape index (κ1) is 18.6. The molecule has 0 N–H and O–H groups in total. The molecule has 0 aliphatic carbocycles. The Balaban J connectivity index is 1.45. The monoisotopic (exact) mass is 379 g/mol. The largest absolute Gasteiger partial charge is 0.336 e. The second-order valence-electron chi connectivity index (χ2n) is 7.59. The van der Waals surface area contributed by atoms with Crippen molar-refractivity contribution in [3.8, 4) is 0 Å². The van der Waals surface area contributed by atoms with Gasteiger partial charge in [0.2, 0.25) is 0 Å². The molecule has 0 bridgehead atoms. The lowest BCUT2D eigenvalue weighted by Crippen LogP contribution is -2.49. The summed E-state index contributed by atoms with van der Waals surface area (Å²) in [4.78, 5) is 25.8. The minimum absolute atomic E-state index is 0.0130. The van der Waals surface area contributed by atoms with E-state index in [1.54, 1.807) is 12.4 Å². The second-order valence-corrected chi connectivity index (χ2v) is 7.59. The van der Waals surface area contributed by atoms with Crippen LogP contribution in [0.4, 0.5) is 0 Å². The van der Waals surface area contributed by atoms with Crippen molar-refractivity contribution in [2.24, 2.45) is 0 Å². The highest BCUT2D eigenvalue weighted by Gasteiger charge is 2.26. The van der Waals surface area contributed by atoms with Gasteiger partial charge in [-0.1, -0.05) is 25.1 Å². The van der Waals surface area contributed by atoms with E-state index in [-0.39, 0.29) is 17.9 Å². The molecule has 3 aromatic heterocycles. The van der Waals surface area contributed by atoms with Gasteiger partial charge in [0.15, 0.2) is 0 Å². The topological polar surface area (TPSA) is 75.4 Å². The number of piperazine rings is 1. The maximum atomic E-state index is 13.0. The number of aromatic nitrogens is 3. The van der Waals surface area contributed by atoms with Gasteiger partial charge in [-0.15, -0.1) is 0 Å². The number of amides is 1. The number of rotatable bonds is 4. The van der Waals surface area contributed by atoms with Crippen LogP contribution in [0.15, 0.2) is 41.3 Å². The Morgan fingerprint density at radius 1 is 1.14 bits per heavy atom. The van der Waals surface area contributed by atoms with Crippen molar-refractivity contribution in [1.82, 2.24) is 24.9 Å². The molecule has 7 nitrogen and oxygen atoms in total. The minimum Gasteiger partial charge on any atom is -0.336 e. The smallest absolute Gasteiger partial charge is 0.257 e. The number of nitrogens with zero attached hydrogens (tertiary/aromatic N) is 5. The predicted octanol–water partition coefficient (Wildman–Crippen LogP) is 3.26. The maximum Gasteiger partial charge on any atom is 0.257 e. The second kappa shape index (κ2) is 7.67. The Labute approximate surface area is 164 Å². The molecule has 0 radical (unpaired) electrons. The van der Waals surface area contributed by atoms with Crippen molar-refractivity contribution >= 4 is 17.0 Å². The van der Waals surface area contributed by atoms with Gasteiger partial charge < -0.3 is 9.42 Å². The standard InChI is InChI=1S/C21H25N5O2/c1-14(2)19-18-11-17(13-23-20(18)28-24-19)21(27)26-9-7-25(8-10-26)15(3)16-5-4-6-22-12-16/h4-6,11-15H,7-10H2,1-3H3. The fraction of sp³-hybridized carbons (Fsp3) is 0.429. The van der Waals surface area contributed by atoms with E-state index in [4.69, 9.17) is 4.52 Å². The fourth-order valence-electron chi connectivity index (χ4n) is 3.71. The Bertz CT molecular complexity index is 961. The van der Waals surface area contributed by atoms with Gasteiger partial charge in [0.1, 0.15) is 0 Å². The van der Waals surface area contributed by atoms with Gasteiger partial charge in [0.25, 0.3) is 11.6 Å². The molecule has 4 heterocycles. The molecule has 4 rings (SSSR count). The van der Waals surface area contributed by atoms with Crippen LogP contribution in [0.5, 0.6) is 0 Å². The summed E-state index contributed by atoms with van der Waals surface area (Å²) in [7, 11) is 0. The third kappa shape index (κ3) is 3.49. The molecule has 1 aliphatic rings. The number of hydrogen-bond acceptors (Lipinski definition) is 6. The Morgan fingerprint density at radius 2 is 1.93 bits per heavy atom. The van der Waals surface area contributed by atoms with Crippen LogP contribution in [0, 0.1) is 0 Å². The molecule has 146 valence electrons. The normalized spacial score (nSPS) is 16.6. The molecule has 28 heavy (non-hydrogen) atoms. The maximum absolute atomic E-state index is 13.0. The lowest BCUT2D eigenvalue weighted by Gasteiger charge is -2.38. The Hall–Kier alpha value is -2.80. The van der Waals surface area contributed by atoms with E-state index in [0.29, 0.717) is 24.4 Å². The molecular formula is C21H25N5O2. The van der Waals surface area contributed by atoms with Crippen LogP contribution in [-0.2, 0) is 0 Å². The van der Waals surface area contributed by atoms with Gasteiger partial charge >= 0.3 is 0 Å². The third-order valence-electron chi connectivity index (χ3n) is 5.47. The molecule has 7 heteroatoms. The summed E-state index contributed by atoms with van der Waals surface area (Å²) in [5.41, 5.74) is 3.11. The average Bonchev–Trinajstić information content (AvgIpc) is 3.17. The lowest BCUT2D eigenvalue weighted by atomic mass is 10.1. The quantitative estimate of drug-likeness (QED) is 0.693. The van der Waals surface area contributed by atoms with E-state index in [9.17, 15) is 4.79 Å². The summed E-state index contributed by atoms with van der Waals surface area (Å²) in [5, 5.41) is 4.92. The predicted molar refractivity (Wildman–Crippen MR) is 106 cm³/mol. The number of pyridine rings is 2. The van der Waals surface area contributed by atoms with E-state index in [1.807, 2.05) is 23.2 Å². The van der Waals surface area contributed by atoms with Crippen molar-refractivity contribution in [3.05, 3.63) is 53.6 Å². The van der Waals surface area contributed by atoms with Gasteiger partial charge in [-0.3, -0.25) is 14.7 Å². The summed E-state index contributed by atoms with van der Waals surface area (Å²) >= 11 is 0. The first-order valence-corrected chi connectivity index (χ1v) is 9.73. The summed E-state index contributed by atoms with van der Waals surface area (Å²) in [6.07, 6.45) is 5.29. The van der Waals surface area contributed by atoms with Gasteiger partial charge in [0, 0.05) is 50.8 Å². The number of fused-ring (bicyclic) bond motifs is 1. The summed E-state index contributed by atoms with van der Waals surface area (Å²) in [5.74, 6) is 0.227.